The zero-order chi connectivity index (χ0) is 10.7. The third-order valence-electron chi connectivity index (χ3n) is 1.79. The summed E-state index contributed by atoms with van der Waals surface area (Å²) >= 11 is 1.11. The second kappa shape index (κ2) is 4.28. The van der Waals surface area contributed by atoms with E-state index in [4.69, 9.17) is 4.74 Å². The van der Waals surface area contributed by atoms with Crippen LogP contribution in [0.3, 0.4) is 0 Å². The molecule has 2 heterocycles. The van der Waals surface area contributed by atoms with Crippen LogP contribution in [0.15, 0.2) is 18.6 Å². The standard InChI is InChI=1S/C8H8N4O2S/c1-14-8-6(9-2-3-10-8)7(13)5-4-11-12-15-5/h2-4,7,13H,1H3. The molecule has 0 aliphatic heterocycles. The molecule has 0 aliphatic carbocycles. The predicted molar refractivity (Wildman–Crippen MR) is 52.6 cm³/mol. The van der Waals surface area contributed by atoms with E-state index < -0.39 is 6.10 Å². The first-order chi connectivity index (χ1) is 7.33. The summed E-state index contributed by atoms with van der Waals surface area (Å²) in [6, 6.07) is 0. The molecule has 0 spiro atoms. The molecule has 7 heteroatoms. The summed E-state index contributed by atoms with van der Waals surface area (Å²) < 4.78 is 8.66. The minimum atomic E-state index is -0.895. The van der Waals surface area contributed by atoms with Gasteiger partial charge in [-0.3, -0.25) is 4.98 Å². The Balaban J connectivity index is 2.37. The highest BCUT2D eigenvalue weighted by Crippen LogP contribution is 2.26. The molecule has 0 bridgehead atoms. The van der Waals surface area contributed by atoms with Crippen LogP contribution >= 0.6 is 11.5 Å². The number of nitrogens with zero attached hydrogens (tertiary/aromatic N) is 4. The molecular formula is C8H8N4O2S. The van der Waals surface area contributed by atoms with Gasteiger partial charge in [-0.15, -0.1) is 5.10 Å². The van der Waals surface area contributed by atoms with Gasteiger partial charge < -0.3 is 9.84 Å². The van der Waals surface area contributed by atoms with E-state index in [1.54, 1.807) is 0 Å². The van der Waals surface area contributed by atoms with Crippen LogP contribution in [0.25, 0.3) is 0 Å². The van der Waals surface area contributed by atoms with Crippen molar-refractivity contribution < 1.29 is 9.84 Å². The molecule has 0 radical (unpaired) electrons. The zero-order valence-corrected chi connectivity index (χ0v) is 8.68. The van der Waals surface area contributed by atoms with Gasteiger partial charge in [0.15, 0.2) is 0 Å². The lowest BCUT2D eigenvalue weighted by Crippen LogP contribution is -2.04. The molecule has 78 valence electrons. The van der Waals surface area contributed by atoms with E-state index in [0.717, 1.165) is 11.5 Å². The number of aliphatic hydroxyl groups is 1. The fourth-order valence-electron chi connectivity index (χ4n) is 1.11. The minimum absolute atomic E-state index is 0.304. The van der Waals surface area contributed by atoms with Gasteiger partial charge in [0.2, 0.25) is 5.88 Å². The SMILES string of the molecule is COc1nccnc1C(O)c1cnns1. The Morgan fingerprint density at radius 1 is 1.40 bits per heavy atom. The van der Waals surface area contributed by atoms with E-state index in [0.29, 0.717) is 16.5 Å². The van der Waals surface area contributed by atoms with E-state index in [1.807, 2.05) is 0 Å². The molecular weight excluding hydrogens is 216 g/mol. The van der Waals surface area contributed by atoms with E-state index in [2.05, 4.69) is 19.6 Å². The van der Waals surface area contributed by atoms with Gasteiger partial charge in [-0.2, -0.15) is 0 Å². The fraction of sp³-hybridized carbons (Fsp3) is 0.250. The van der Waals surface area contributed by atoms with Crippen LogP contribution in [0.5, 0.6) is 5.88 Å². The average molecular weight is 224 g/mol. The third-order valence-corrected chi connectivity index (χ3v) is 2.51. The van der Waals surface area contributed by atoms with Gasteiger partial charge in [-0.05, 0) is 11.5 Å². The van der Waals surface area contributed by atoms with Crippen LogP contribution in [0, 0.1) is 0 Å². The van der Waals surface area contributed by atoms with E-state index in [-0.39, 0.29) is 0 Å². The molecule has 15 heavy (non-hydrogen) atoms. The van der Waals surface area contributed by atoms with Crippen LogP contribution < -0.4 is 4.74 Å². The van der Waals surface area contributed by atoms with Gasteiger partial charge in [0, 0.05) is 12.4 Å². The first-order valence-electron chi connectivity index (χ1n) is 4.13. The van der Waals surface area contributed by atoms with Crippen molar-refractivity contribution in [3.63, 3.8) is 0 Å². The molecule has 1 N–H and O–H groups in total. The minimum Gasteiger partial charge on any atom is -0.480 e. The normalized spacial score (nSPS) is 12.4. The summed E-state index contributed by atoms with van der Waals surface area (Å²) in [5.74, 6) is 0.304. The zero-order valence-electron chi connectivity index (χ0n) is 7.86. The van der Waals surface area contributed by atoms with Crippen LogP contribution in [-0.4, -0.2) is 31.8 Å². The average Bonchev–Trinajstić information content (AvgIpc) is 2.81. The lowest BCUT2D eigenvalue weighted by Gasteiger charge is -2.09. The lowest BCUT2D eigenvalue weighted by molar-refractivity contribution is 0.211. The van der Waals surface area contributed by atoms with E-state index in [9.17, 15) is 5.11 Å². The van der Waals surface area contributed by atoms with Crippen LogP contribution in [0.4, 0.5) is 0 Å². The summed E-state index contributed by atoms with van der Waals surface area (Å²) in [5, 5.41) is 13.6. The highest BCUT2D eigenvalue weighted by Gasteiger charge is 2.19. The molecule has 0 aliphatic rings. The molecule has 0 fully saturated rings. The molecule has 0 aromatic carbocycles. The molecule has 1 unspecified atom stereocenters. The maximum absolute atomic E-state index is 9.94. The number of methoxy groups -OCH3 is 1. The highest BCUT2D eigenvalue weighted by atomic mass is 32.1. The Bertz CT molecular complexity index is 434. The van der Waals surface area contributed by atoms with Gasteiger partial charge in [0.25, 0.3) is 0 Å². The van der Waals surface area contributed by atoms with Crippen molar-refractivity contribution in [3.05, 3.63) is 29.2 Å². The lowest BCUT2D eigenvalue weighted by atomic mass is 10.2. The second-order valence-corrected chi connectivity index (χ2v) is 3.49. The number of hydrogen-bond donors (Lipinski definition) is 1. The number of ether oxygens (including phenoxy) is 1. The van der Waals surface area contributed by atoms with Crippen molar-refractivity contribution in [2.24, 2.45) is 0 Å². The van der Waals surface area contributed by atoms with Crippen molar-refractivity contribution in [3.8, 4) is 5.88 Å². The van der Waals surface area contributed by atoms with Crippen LogP contribution in [-0.2, 0) is 0 Å². The van der Waals surface area contributed by atoms with Gasteiger partial charge in [-0.1, -0.05) is 4.49 Å². The highest BCUT2D eigenvalue weighted by molar-refractivity contribution is 7.05. The van der Waals surface area contributed by atoms with Crippen molar-refractivity contribution >= 4 is 11.5 Å². The van der Waals surface area contributed by atoms with Gasteiger partial charge in [0.05, 0.1) is 18.2 Å². The van der Waals surface area contributed by atoms with E-state index >= 15 is 0 Å². The summed E-state index contributed by atoms with van der Waals surface area (Å²) in [6.45, 7) is 0. The third kappa shape index (κ3) is 1.92. The fourth-order valence-corrected chi connectivity index (χ4v) is 1.61. The van der Waals surface area contributed by atoms with Gasteiger partial charge in [0.1, 0.15) is 11.8 Å². The maximum atomic E-state index is 9.94. The molecule has 2 rings (SSSR count). The molecule has 0 saturated carbocycles. The topological polar surface area (TPSA) is 81.0 Å². The van der Waals surface area contributed by atoms with Crippen LogP contribution in [0.1, 0.15) is 16.7 Å². The summed E-state index contributed by atoms with van der Waals surface area (Å²) in [5.41, 5.74) is 0.367. The van der Waals surface area contributed by atoms with Gasteiger partial charge in [-0.25, -0.2) is 4.98 Å². The van der Waals surface area contributed by atoms with Crippen molar-refractivity contribution in [1.82, 2.24) is 19.6 Å². The predicted octanol–water partition coefficient (Wildman–Crippen LogP) is 0.418. The first-order valence-corrected chi connectivity index (χ1v) is 4.90. The van der Waals surface area contributed by atoms with E-state index in [1.165, 1.54) is 25.7 Å². The van der Waals surface area contributed by atoms with Crippen molar-refractivity contribution in [2.45, 2.75) is 6.10 Å². The molecule has 6 nitrogen and oxygen atoms in total. The summed E-state index contributed by atoms with van der Waals surface area (Å²) in [6.07, 6.45) is 3.59. The Morgan fingerprint density at radius 3 is 2.87 bits per heavy atom. The number of aliphatic hydroxyl groups excluding tert-OH is 1. The number of rotatable bonds is 3. The van der Waals surface area contributed by atoms with Crippen molar-refractivity contribution in [1.29, 1.82) is 0 Å². The Hall–Kier alpha value is -1.60. The van der Waals surface area contributed by atoms with Gasteiger partial charge >= 0.3 is 0 Å². The second-order valence-electron chi connectivity index (χ2n) is 2.67. The Labute approximate surface area is 89.8 Å². The largest absolute Gasteiger partial charge is 0.480 e. The monoisotopic (exact) mass is 224 g/mol. The summed E-state index contributed by atoms with van der Waals surface area (Å²) in [7, 11) is 1.48. The number of hydrogen-bond acceptors (Lipinski definition) is 7. The molecule has 1 atom stereocenters. The number of aromatic nitrogens is 4. The molecule has 2 aromatic heterocycles. The first kappa shape index (κ1) is 9.94. The van der Waals surface area contributed by atoms with Crippen LogP contribution in [0.2, 0.25) is 0 Å². The summed E-state index contributed by atoms with van der Waals surface area (Å²) in [4.78, 5) is 8.57. The smallest absolute Gasteiger partial charge is 0.238 e. The quantitative estimate of drug-likeness (QED) is 0.813. The maximum Gasteiger partial charge on any atom is 0.238 e. The molecule has 0 saturated heterocycles. The van der Waals surface area contributed by atoms with Crippen molar-refractivity contribution in [2.75, 3.05) is 7.11 Å². The Morgan fingerprint density at radius 2 is 2.20 bits per heavy atom. The molecule has 0 amide bonds. The molecule has 2 aromatic rings. The Kier molecular flexibility index (Phi) is 2.84.